The van der Waals surface area contributed by atoms with Crippen LogP contribution in [-0.2, 0) is 27.6 Å². The van der Waals surface area contributed by atoms with Gasteiger partial charge in [-0.05, 0) is 68.2 Å². The zero-order valence-corrected chi connectivity index (χ0v) is 16.3. The van der Waals surface area contributed by atoms with E-state index < -0.39 is 10.0 Å². The Balaban J connectivity index is 1.38. The van der Waals surface area contributed by atoms with Crippen molar-refractivity contribution in [2.24, 2.45) is 0 Å². The average molecular weight is 379 g/mol. The molecule has 26 heavy (non-hydrogen) atoms. The molecule has 0 saturated carbocycles. The Morgan fingerprint density at radius 2 is 1.73 bits per heavy atom. The number of aryl methyl sites for hydroxylation is 2. The van der Waals surface area contributed by atoms with Gasteiger partial charge in [0.25, 0.3) is 0 Å². The minimum absolute atomic E-state index is 0.326. The molecule has 0 amide bonds. The highest BCUT2D eigenvalue weighted by atomic mass is 32.2. The Morgan fingerprint density at radius 1 is 0.962 bits per heavy atom. The van der Waals surface area contributed by atoms with Crippen LogP contribution >= 0.6 is 0 Å². The largest absolute Gasteiger partial charge is 0.377 e. The van der Waals surface area contributed by atoms with E-state index in [-0.39, 0.29) is 0 Å². The van der Waals surface area contributed by atoms with Gasteiger partial charge in [-0.3, -0.25) is 4.90 Å². The van der Waals surface area contributed by atoms with Crippen LogP contribution in [-0.4, -0.2) is 63.1 Å². The van der Waals surface area contributed by atoms with Gasteiger partial charge in [-0.25, -0.2) is 8.42 Å². The van der Waals surface area contributed by atoms with E-state index in [1.165, 1.54) is 36.8 Å². The molecule has 144 valence electrons. The van der Waals surface area contributed by atoms with Crippen LogP contribution < -0.4 is 0 Å². The van der Waals surface area contributed by atoms with E-state index in [4.69, 9.17) is 4.74 Å². The summed E-state index contributed by atoms with van der Waals surface area (Å²) in [4.78, 5) is 2.83. The van der Waals surface area contributed by atoms with Crippen molar-refractivity contribution < 1.29 is 13.2 Å². The summed E-state index contributed by atoms with van der Waals surface area (Å²) in [5, 5.41) is 0. The van der Waals surface area contributed by atoms with E-state index in [0.717, 1.165) is 45.5 Å². The molecule has 2 fully saturated rings. The first kappa shape index (κ1) is 18.4. The molecular weight excluding hydrogens is 348 g/mol. The molecule has 1 atom stereocenters. The third-order valence-corrected chi connectivity index (χ3v) is 7.92. The maximum atomic E-state index is 13.1. The zero-order valence-electron chi connectivity index (χ0n) is 15.5. The molecule has 0 spiro atoms. The van der Waals surface area contributed by atoms with E-state index >= 15 is 0 Å². The van der Waals surface area contributed by atoms with E-state index in [2.05, 4.69) is 4.90 Å². The molecule has 4 rings (SSSR count). The van der Waals surface area contributed by atoms with Crippen molar-refractivity contribution in [2.45, 2.75) is 55.9 Å². The summed E-state index contributed by atoms with van der Waals surface area (Å²) >= 11 is 0. The maximum absolute atomic E-state index is 13.1. The molecule has 2 heterocycles. The van der Waals surface area contributed by atoms with E-state index in [1.54, 1.807) is 4.31 Å². The molecule has 2 aliphatic heterocycles. The van der Waals surface area contributed by atoms with Crippen LogP contribution in [0, 0.1) is 0 Å². The van der Waals surface area contributed by atoms with Crippen molar-refractivity contribution in [3.05, 3.63) is 29.3 Å². The van der Waals surface area contributed by atoms with Crippen LogP contribution in [0.5, 0.6) is 0 Å². The lowest BCUT2D eigenvalue weighted by Gasteiger charge is -2.36. The second kappa shape index (κ2) is 7.97. The minimum atomic E-state index is -3.38. The van der Waals surface area contributed by atoms with Crippen molar-refractivity contribution in [3.63, 3.8) is 0 Å². The van der Waals surface area contributed by atoms with Crippen molar-refractivity contribution in [1.82, 2.24) is 9.21 Å². The van der Waals surface area contributed by atoms with Gasteiger partial charge in [0.05, 0.1) is 11.0 Å². The van der Waals surface area contributed by atoms with Crippen molar-refractivity contribution in [3.8, 4) is 0 Å². The summed E-state index contributed by atoms with van der Waals surface area (Å²) in [6, 6.07) is 5.76. The van der Waals surface area contributed by atoms with E-state index in [0.29, 0.717) is 24.1 Å². The normalized spacial score (nSPS) is 25.8. The lowest BCUT2D eigenvalue weighted by Crippen LogP contribution is -2.50. The molecule has 1 aromatic carbocycles. The van der Waals surface area contributed by atoms with Crippen LogP contribution in [0.1, 0.15) is 43.2 Å². The second-order valence-electron chi connectivity index (χ2n) is 7.83. The summed E-state index contributed by atoms with van der Waals surface area (Å²) in [6.45, 7) is 4.55. The first-order valence-corrected chi connectivity index (χ1v) is 11.5. The van der Waals surface area contributed by atoms with Gasteiger partial charge >= 0.3 is 0 Å². The van der Waals surface area contributed by atoms with Gasteiger partial charge in [-0.2, -0.15) is 4.31 Å². The van der Waals surface area contributed by atoms with E-state index in [1.807, 2.05) is 18.2 Å². The molecule has 6 heteroatoms. The number of piperazine rings is 1. The fourth-order valence-corrected chi connectivity index (χ4v) is 5.88. The Kier molecular flexibility index (Phi) is 5.64. The molecular formula is C20H30N2O3S. The molecule has 5 nitrogen and oxygen atoms in total. The smallest absolute Gasteiger partial charge is 0.243 e. The molecule has 0 N–H and O–H groups in total. The van der Waals surface area contributed by atoms with Crippen molar-refractivity contribution in [1.29, 1.82) is 0 Å². The molecule has 0 radical (unpaired) electrons. The Bertz CT molecular complexity index is 721. The highest BCUT2D eigenvalue weighted by Crippen LogP contribution is 2.26. The molecule has 0 bridgehead atoms. The van der Waals surface area contributed by atoms with Crippen molar-refractivity contribution >= 4 is 10.0 Å². The van der Waals surface area contributed by atoms with Gasteiger partial charge in [0.2, 0.25) is 10.0 Å². The average Bonchev–Trinajstić information content (AvgIpc) is 2.69. The molecule has 3 aliphatic rings. The first-order chi connectivity index (χ1) is 12.6. The number of fused-ring (bicyclic) bond motifs is 1. The first-order valence-electron chi connectivity index (χ1n) is 10.1. The standard InChI is InChI=1S/C20H30N2O3S/c23-26(24,20-9-8-17-5-1-2-6-18(17)15-20)22-12-10-21(11-13-22)16-19-7-3-4-14-25-19/h8-9,15,19H,1-7,10-14,16H2/t19-/m1/s1. The second-order valence-corrected chi connectivity index (χ2v) is 9.77. The lowest BCUT2D eigenvalue weighted by molar-refractivity contribution is -0.0103. The number of nitrogens with zero attached hydrogens (tertiary/aromatic N) is 2. The number of rotatable bonds is 4. The van der Waals surface area contributed by atoms with Crippen LogP contribution in [0.2, 0.25) is 0 Å². The Hall–Kier alpha value is -0.950. The fourth-order valence-electron chi connectivity index (χ4n) is 4.41. The quantitative estimate of drug-likeness (QED) is 0.808. The van der Waals surface area contributed by atoms with Gasteiger partial charge in [0.15, 0.2) is 0 Å². The zero-order chi connectivity index (χ0) is 18.0. The van der Waals surface area contributed by atoms with Gasteiger partial charge < -0.3 is 4.74 Å². The van der Waals surface area contributed by atoms with Gasteiger partial charge in [0.1, 0.15) is 0 Å². The van der Waals surface area contributed by atoms with Gasteiger partial charge in [-0.1, -0.05) is 6.07 Å². The number of sulfonamides is 1. The van der Waals surface area contributed by atoms with Gasteiger partial charge in [-0.15, -0.1) is 0 Å². The van der Waals surface area contributed by atoms with Crippen LogP contribution in [0.4, 0.5) is 0 Å². The van der Waals surface area contributed by atoms with Crippen LogP contribution in [0.15, 0.2) is 23.1 Å². The third-order valence-electron chi connectivity index (χ3n) is 6.02. The van der Waals surface area contributed by atoms with E-state index in [9.17, 15) is 8.42 Å². The molecule has 0 aromatic heterocycles. The summed E-state index contributed by atoms with van der Waals surface area (Å²) in [5.41, 5.74) is 2.55. The number of ether oxygens (including phenoxy) is 1. The Labute approximate surface area is 157 Å². The Morgan fingerprint density at radius 3 is 2.46 bits per heavy atom. The number of hydrogen-bond donors (Lipinski definition) is 0. The highest BCUT2D eigenvalue weighted by molar-refractivity contribution is 7.89. The predicted octanol–water partition coefficient (Wildman–Crippen LogP) is 2.44. The monoisotopic (exact) mass is 378 g/mol. The maximum Gasteiger partial charge on any atom is 0.243 e. The highest BCUT2D eigenvalue weighted by Gasteiger charge is 2.30. The number of benzene rings is 1. The molecule has 1 aromatic rings. The summed E-state index contributed by atoms with van der Waals surface area (Å²) < 4.78 is 33.6. The topological polar surface area (TPSA) is 49.9 Å². The predicted molar refractivity (Wildman–Crippen MR) is 102 cm³/mol. The van der Waals surface area contributed by atoms with Crippen molar-refractivity contribution in [2.75, 3.05) is 39.3 Å². The lowest BCUT2D eigenvalue weighted by atomic mass is 9.92. The molecule has 1 aliphatic carbocycles. The third kappa shape index (κ3) is 3.98. The molecule has 0 unspecified atom stereocenters. The van der Waals surface area contributed by atoms with Crippen LogP contribution in [0.3, 0.4) is 0 Å². The van der Waals surface area contributed by atoms with Gasteiger partial charge in [0, 0.05) is 39.3 Å². The SMILES string of the molecule is O=S(=O)(c1ccc2c(c1)CCCC2)N1CCN(C[C@H]2CCCCO2)CC1. The summed E-state index contributed by atoms with van der Waals surface area (Å²) in [7, 11) is -3.38. The van der Waals surface area contributed by atoms with Crippen LogP contribution in [0.25, 0.3) is 0 Å². The fraction of sp³-hybridized carbons (Fsp3) is 0.700. The molecule has 2 saturated heterocycles. The summed E-state index contributed by atoms with van der Waals surface area (Å²) in [5.74, 6) is 0. The number of hydrogen-bond acceptors (Lipinski definition) is 4. The summed E-state index contributed by atoms with van der Waals surface area (Å²) in [6.07, 6.45) is 8.34. The minimum Gasteiger partial charge on any atom is -0.377 e.